The lowest BCUT2D eigenvalue weighted by molar-refractivity contribution is -0.119. The molecule has 1 heterocycles. The molecule has 0 unspecified atom stereocenters. The summed E-state index contributed by atoms with van der Waals surface area (Å²) in [4.78, 5) is 24.6. The van der Waals surface area contributed by atoms with Gasteiger partial charge < -0.3 is 25.4 Å². The number of methoxy groups -OCH3 is 2. The van der Waals surface area contributed by atoms with Crippen molar-refractivity contribution in [1.82, 2.24) is 5.32 Å². The van der Waals surface area contributed by atoms with E-state index in [1.807, 2.05) is 54.6 Å². The molecule has 2 amide bonds. The molecule has 3 N–H and O–H groups in total. The quantitative estimate of drug-likeness (QED) is 0.475. The average molecular weight is 444 g/mol. The van der Waals surface area contributed by atoms with Crippen LogP contribution in [0, 0.1) is 0 Å². The third kappa shape index (κ3) is 4.67. The first-order valence-electron chi connectivity index (χ1n) is 10.5. The zero-order valence-electron chi connectivity index (χ0n) is 18.7. The average Bonchev–Trinajstić information content (AvgIpc) is 3.15. The van der Waals surface area contributed by atoms with E-state index in [9.17, 15) is 9.59 Å². The topological polar surface area (TPSA) is 88.7 Å². The highest BCUT2D eigenvalue weighted by Crippen LogP contribution is 2.43. The Morgan fingerprint density at radius 1 is 0.939 bits per heavy atom. The molecular formula is C26H25N3O4. The van der Waals surface area contributed by atoms with E-state index in [1.54, 1.807) is 26.4 Å². The molecule has 0 atom stereocenters. The molecule has 1 aliphatic rings. The van der Waals surface area contributed by atoms with Crippen molar-refractivity contribution in [3.05, 3.63) is 83.4 Å². The van der Waals surface area contributed by atoms with E-state index in [0.29, 0.717) is 40.6 Å². The number of carbonyl (C=O) groups is 2. The van der Waals surface area contributed by atoms with Gasteiger partial charge >= 0.3 is 0 Å². The summed E-state index contributed by atoms with van der Waals surface area (Å²) in [6, 6.07) is 20.9. The van der Waals surface area contributed by atoms with Gasteiger partial charge in [0.15, 0.2) is 11.5 Å². The number of para-hydroxylation sites is 1. The maximum absolute atomic E-state index is 13.2. The number of amides is 2. The molecule has 0 saturated carbocycles. The molecule has 33 heavy (non-hydrogen) atoms. The third-order valence-electron chi connectivity index (χ3n) is 5.32. The smallest absolute Gasteiger partial charge is 0.258 e. The van der Waals surface area contributed by atoms with E-state index in [-0.39, 0.29) is 11.8 Å². The minimum atomic E-state index is -0.231. The fourth-order valence-corrected chi connectivity index (χ4v) is 3.75. The molecule has 7 nitrogen and oxygen atoms in total. The Balaban J connectivity index is 1.88. The maximum Gasteiger partial charge on any atom is 0.258 e. The van der Waals surface area contributed by atoms with Crippen molar-refractivity contribution in [3.8, 4) is 11.5 Å². The van der Waals surface area contributed by atoms with Crippen molar-refractivity contribution in [2.24, 2.45) is 0 Å². The molecular weight excluding hydrogens is 418 g/mol. The maximum atomic E-state index is 13.2. The zero-order chi connectivity index (χ0) is 23.4. The monoisotopic (exact) mass is 443 g/mol. The van der Waals surface area contributed by atoms with Gasteiger partial charge in [0.1, 0.15) is 0 Å². The van der Waals surface area contributed by atoms with Gasteiger partial charge in [0, 0.05) is 30.8 Å². The standard InChI is InChI=1S/C26H25N3O4/c1-16(30)27-15-17-8-7-9-18(12-17)25(28-19-10-5-4-6-11-19)24-20-13-22(32-2)23(33-3)14-21(20)29-26(24)31/h4-14,28H,15H2,1-3H3,(H,27,30)(H,29,31). The van der Waals surface area contributed by atoms with Gasteiger partial charge in [0.2, 0.25) is 5.91 Å². The predicted octanol–water partition coefficient (Wildman–Crippen LogP) is 4.27. The Labute approximate surface area is 192 Å². The molecule has 4 rings (SSSR count). The first-order chi connectivity index (χ1) is 16.0. The molecule has 0 spiro atoms. The number of fused-ring (bicyclic) bond motifs is 1. The number of ether oxygens (including phenoxy) is 2. The highest BCUT2D eigenvalue weighted by Gasteiger charge is 2.30. The predicted molar refractivity (Wildman–Crippen MR) is 129 cm³/mol. The molecule has 0 saturated heterocycles. The Kier molecular flexibility index (Phi) is 6.31. The SMILES string of the molecule is COc1cc2c(cc1OC)C(=C(Nc1ccccc1)c1cccc(CNC(C)=O)c1)C(=O)N2. The highest BCUT2D eigenvalue weighted by molar-refractivity contribution is 6.37. The number of benzene rings is 3. The number of hydrogen-bond donors (Lipinski definition) is 3. The first-order valence-corrected chi connectivity index (χ1v) is 10.5. The highest BCUT2D eigenvalue weighted by atomic mass is 16.5. The molecule has 0 fully saturated rings. The lowest BCUT2D eigenvalue weighted by Crippen LogP contribution is -2.19. The Bertz CT molecular complexity index is 1240. The fourth-order valence-electron chi connectivity index (χ4n) is 3.75. The van der Waals surface area contributed by atoms with Crippen LogP contribution in [-0.4, -0.2) is 26.0 Å². The molecule has 3 aromatic rings. The van der Waals surface area contributed by atoms with Gasteiger partial charge in [-0.15, -0.1) is 0 Å². The van der Waals surface area contributed by atoms with Gasteiger partial charge in [-0.3, -0.25) is 9.59 Å². The minimum Gasteiger partial charge on any atom is -0.493 e. The summed E-state index contributed by atoms with van der Waals surface area (Å²) in [5.41, 5.74) is 5.07. The van der Waals surface area contributed by atoms with Crippen molar-refractivity contribution in [2.75, 3.05) is 24.9 Å². The normalized spacial score (nSPS) is 13.6. The number of rotatable bonds is 7. The molecule has 0 aromatic heterocycles. The van der Waals surface area contributed by atoms with Crippen LogP contribution in [0.1, 0.15) is 23.6 Å². The number of nitrogens with one attached hydrogen (secondary N) is 3. The summed E-state index contributed by atoms with van der Waals surface area (Å²) in [5, 5.41) is 9.18. The second kappa shape index (κ2) is 9.48. The summed E-state index contributed by atoms with van der Waals surface area (Å²) in [7, 11) is 3.12. The third-order valence-corrected chi connectivity index (χ3v) is 5.32. The van der Waals surface area contributed by atoms with E-state index in [4.69, 9.17) is 9.47 Å². The van der Waals surface area contributed by atoms with Crippen LogP contribution < -0.4 is 25.4 Å². The number of hydrogen-bond acceptors (Lipinski definition) is 5. The van der Waals surface area contributed by atoms with Gasteiger partial charge in [0.05, 0.1) is 31.2 Å². The number of anilines is 2. The van der Waals surface area contributed by atoms with Crippen LogP contribution in [0.5, 0.6) is 11.5 Å². The lowest BCUT2D eigenvalue weighted by atomic mass is 9.98. The van der Waals surface area contributed by atoms with Crippen LogP contribution in [-0.2, 0) is 16.1 Å². The molecule has 1 aliphatic heterocycles. The molecule has 0 radical (unpaired) electrons. The van der Waals surface area contributed by atoms with Gasteiger partial charge in [0.25, 0.3) is 5.91 Å². The van der Waals surface area contributed by atoms with E-state index < -0.39 is 0 Å². The van der Waals surface area contributed by atoms with E-state index in [1.165, 1.54) is 6.92 Å². The number of carbonyl (C=O) groups excluding carboxylic acids is 2. The van der Waals surface area contributed by atoms with E-state index >= 15 is 0 Å². The van der Waals surface area contributed by atoms with Crippen LogP contribution in [0.2, 0.25) is 0 Å². The Morgan fingerprint density at radius 2 is 1.67 bits per heavy atom. The summed E-state index contributed by atoms with van der Waals surface area (Å²) < 4.78 is 10.9. The Morgan fingerprint density at radius 3 is 2.36 bits per heavy atom. The summed E-state index contributed by atoms with van der Waals surface area (Å²) in [6.07, 6.45) is 0. The van der Waals surface area contributed by atoms with Crippen LogP contribution in [0.25, 0.3) is 11.3 Å². The van der Waals surface area contributed by atoms with Crippen molar-refractivity contribution in [1.29, 1.82) is 0 Å². The lowest BCUT2D eigenvalue weighted by Gasteiger charge is -2.16. The summed E-state index contributed by atoms with van der Waals surface area (Å²) in [5.74, 6) is 0.730. The second-order valence-corrected chi connectivity index (χ2v) is 7.56. The van der Waals surface area contributed by atoms with Gasteiger partial charge in [-0.25, -0.2) is 0 Å². The van der Waals surface area contributed by atoms with Crippen LogP contribution in [0.15, 0.2) is 66.7 Å². The van der Waals surface area contributed by atoms with Gasteiger partial charge in [-0.05, 0) is 35.4 Å². The second-order valence-electron chi connectivity index (χ2n) is 7.56. The largest absolute Gasteiger partial charge is 0.493 e. The Hall–Kier alpha value is -4.26. The zero-order valence-corrected chi connectivity index (χ0v) is 18.7. The van der Waals surface area contributed by atoms with Crippen molar-refractivity contribution < 1.29 is 19.1 Å². The fraction of sp³-hybridized carbons (Fsp3) is 0.154. The van der Waals surface area contributed by atoms with Gasteiger partial charge in [-0.1, -0.05) is 36.4 Å². The molecule has 168 valence electrons. The molecule has 3 aromatic carbocycles. The van der Waals surface area contributed by atoms with Crippen molar-refractivity contribution >= 4 is 34.5 Å². The molecule has 7 heteroatoms. The van der Waals surface area contributed by atoms with Gasteiger partial charge in [-0.2, -0.15) is 0 Å². The van der Waals surface area contributed by atoms with Crippen LogP contribution in [0.4, 0.5) is 11.4 Å². The molecule has 0 aliphatic carbocycles. The summed E-state index contributed by atoms with van der Waals surface area (Å²) >= 11 is 0. The van der Waals surface area contributed by atoms with Crippen molar-refractivity contribution in [2.45, 2.75) is 13.5 Å². The van der Waals surface area contributed by atoms with E-state index in [2.05, 4.69) is 16.0 Å². The van der Waals surface area contributed by atoms with E-state index in [0.717, 1.165) is 16.8 Å². The van der Waals surface area contributed by atoms with Crippen molar-refractivity contribution in [3.63, 3.8) is 0 Å². The summed E-state index contributed by atoms with van der Waals surface area (Å²) in [6.45, 7) is 1.88. The van der Waals surface area contributed by atoms with Crippen LogP contribution >= 0.6 is 0 Å². The first kappa shape index (κ1) is 22.0. The molecule has 0 bridgehead atoms. The minimum absolute atomic E-state index is 0.105. The van der Waals surface area contributed by atoms with Crippen LogP contribution in [0.3, 0.4) is 0 Å².